The number of nitrogens with one attached hydrogen (secondary N) is 7. The summed E-state index contributed by atoms with van der Waals surface area (Å²) in [6.07, 6.45) is 11.9. The van der Waals surface area contributed by atoms with Crippen molar-refractivity contribution >= 4 is 41.7 Å². The number of ether oxygens (including phenoxy) is 4. The van der Waals surface area contributed by atoms with Crippen LogP contribution < -0.4 is 37.2 Å². The van der Waals surface area contributed by atoms with Crippen molar-refractivity contribution in [2.75, 3.05) is 53.0 Å². The Morgan fingerprint density at radius 2 is 1.43 bits per heavy atom. The van der Waals surface area contributed by atoms with Gasteiger partial charge in [-0.15, -0.1) is 0 Å². The molecule has 0 aromatic heterocycles. The Kier molecular flexibility index (Phi) is 25.4. The monoisotopic (exact) mass is 1050 g/mol. The van der Waals surface area contributed by atoms with E-state index in [1.165, 1.54) is 24.2 Å². The van der Waals surface area contributed by atoms with E-state index in [9.17, 15) is 33.6 Å². The van der Waals surface area contributed by atoms with Crippen molar-refractivity contribution in [2.45, 2.75) is 193 Å². The minimum Gasteiger partial charge on any atom is -0.445 e. The maximum atomic E-state index is 14.8. The van der Waals surface area contributed by atoms with E-state index < -0.39 is 90.2 Å². The highest BCUT2D eigenvalue weighted by atomic mass is 16.6. The van der Waals surface area contributed by atoms with Gasteiger partial charge in [-0.05, 0) is 128 Å². The van der Waals surface area contributed by atoms with Gasteiger partial charge in [0.05, 0.1) is 31.8 Å². The van der Waals surface area contributed by atoms with E-state index in [0.717, 1.165) is 44.1 Å². The minimum absolute atomic E-state index is 0.0368. The molecule has 2 bridgehead atoms. The summed E-state index contributed by atoms with van der Waals surface area (Å²) in [7, 11) is 1.65. The van der Waals surface area contributed by atoms with Crippen LogP contribution in [0.3, 0.4) is 0 Å². The van der Waals surface area contributed by atoms with Crippen LogP contribution in [0.1, 0.15) is 150 Å². The van der Waals surface area contributed by atoms with Gasteiger partial charge in [-0.1, -0.05) is 89.1 Å². The number of hydrogen-bond donors (Lipinski definition) is 7. The number of benzene rings is 1. The lowest BCUT2D eigenvalue weighted by atomic mass is 9.77. The highest BCUT2D eigenvalue weighted by Crippen LogP contribution is 2.46. The molecule has 1 aromatic carbocycles. The summed E-state index contributed by atoms with van der Waals surface area (Å²) in [5.41, 5.74) is 0.168. The number of hydrogen-bond acceptors (Lipinski definition) is 12. The molecule has 75 heavy (non-hydrogen) atoms. The van der Waals surface area contributed by atoms with Gasteiger partial charge in [-0.2, -0.15) is 0 Å². The van der Waals surface area contributed by atoms with Crippen LogP contribution in [-0.4, -0.2) is 142 Å². The number of alkyl carbamates (subject to hydrolysis) is 2. The first kappa shape index (κ1) is 60.9. The second-order valence-electron chi connectivity index (χ2n) is 22.7. The molecule has 5 rings (SSSR count). The van der Waals surface area contributed by atoms with Crippen molar-refractivity contribution in [2.24, 2.45) is 29.6 Å². The first-order chi connectivity index (χ1) is 35.9. The summed E-state index contributed by atoms with van der Waals surface area (Å²) < 4.78 is 23.5. The van der Waals surface area contributed by atoms with Crippen molar-refractivity contribution in [3.8, 4) is 0 Å². The number of likely N-dealkylation sites (N-methyl/N-ethyl adjacent to an activating group) is 1. The van der Waals surface area contributed by atoms with Gasteiger partial charge in [0.2, 0.25) is 29.5 Å². The molecule has 3 aliphatic carbocycles. The summed E-state index contributed by atoms with van der Waals surface area (Å²) in [5.74, 6) is -1.81. The number of fused-ring (bicyclic) bond motifs is 2. The van der Waals surface area contributed by atoms with Crippen LogP contribution in [-0.2, 0) is 49.5 Å². The highest BCUT2D eigenvalue weighted by molar-refractivity contribution is 5.96. The molecule has 19 nitrogen and oxygen atoms in total. The van der Waals surface area contributed by atoms with Crippen molar-refractivity contribution < 1.29 is 52.5 Å². The topological polar surface area (TPSA) is 244 Å². The van der Waals surface area contributed by atoms with E-state index in [0.29, 0.717) is 82.3 Å². The van der Waals surface area contributed by atoms with Gasteiger partial charge in [0.25, 0.3) is 0 Å². The van der Waals surface area contributed by atoms with E-state index in [-0.39, 0.29) is 38.3 Å². The molecule has 1 heterocycles. The lowest BCUT2D eigenvalue weighted by Gasteiger charge is -2.36. The number of rotatable bonds is 19. The lowest BCUT2D eigenvalue weighted by Crippen LogP contribution is -2.62. The predicted molar refractivity (Wildman–Crippen MR) is 285 cm³/mol. The Morgan fingerprint density at radius 1 is 0.760 bits per heavy atom. The number of amides is 7. The van der Waals surface area contributed by atoms with E-state index in [2.05, 4.69) is 37.2 Å². The maximum Gasteiger partial charge on any atom is 0.407 e. The standard InChI is InChI=1S/C56H92N8O11/c1-8-18-46-51(67)63-48(43-21-14-9-10-15-22-43)52(68)61-44(33-59-54(70)74-35-39-19-12-11-13-20-39)49(65)62-45(36-72-28-17-26-57-25-16-27-58-55(71)75-56(4,5)6)50(66)60-37(2)34-73-47(38(3)53(69)64(46)7)32-42-30-40-23-24-41(29-40)31-42/h11-13,19-20,37-38,40-48,57H,8-10,14-18,21-36H2,1-7H3,(H,58,71)(H,59,70)(H,60,66)(H,61,68)(H,62,65)(H,63,67)/t37-,38-,40-,41+,42?,44+,45+,46+,47-,48+/m1/s1. The Balaban J connectivity index is 1.38. The average molecular weight is 1050 g/mol. The van der Waals surface area contributed by atoms with Crippen molar-refractivity contribution in [3.63, 3.8) is 0 Å². The Bertz CT molecular complexity index is 1950. The first-order valence-corrected chi connectivity index (χ1v) is 28.2. The van der Waals surface area contributed by atoms with E-state index >= 15 is 0 Å². The highest BCUT2D eigenvalue weighted by Gasteiger charge is 2.41. The number of nitrogens with zero attached hydrogens (tertiary/aromatic N) is 1. The van der Waals surface area contributed by atoms with Crippen molar-refractivity contribution in [3.05, 3.63) is 35.9 Å². The molecular weight excluding hydrogens is 961 g/mol. The normalized spacial score (nSPS) is 28.0. The molecule has 0 spiro atoms. The van der Waals surface area contributed by atoms with Gasteiger partial charge in [0.15, 0.2) is 0 Å². The van der Waals surface area contributed by atoms with Gasteiger partial charge >= 0.3 is 12.2 Å². The smallest absolute Gasteiger partial charge is 0.407 e. The summed E-state index contributed by atoms with van der Waals surface area (Å²) in [6, 6.07) is 3.91. The molecular formula is C56H92N8O11. The van der Waals surface area contributed by atoms with E-state index in [1.807, 2.05) is 32.0 Å². The van der Waals surface area contributed by atoms with E-state index in [4.69, 9.17) is 18.9 Å². The molecule has 19 heteroatoms. The Labute approximate surface area is 446 Å². The van der Waals surface area contributed by atoms with Crippen molar-refractivity contribution in [1.29, 1.82) is 0 Å². The van der Waals surface area contributed by atoms with Crippen molar-refractivity contribution in [1.82, 2.24) is 42.1 Å². The molecule has 1 aliphatic heterocycles. The molecule has 7 amide bonds. The SMILES string of the molecule is CCC[C@H]1C(=O)N[C@@H](C2CCCCCC2)C(=O)N[C@@H](CNC(=O)OCc2ccccc2)C(=O)N[C@@H](COCCCNCCCNC(=O)OC(C)(C)C)C(=O)N[C@H](C)CO[C@H](CC2C[C@H]3CC[C@@H](C2)C3)[C@@H](C)C(=O)N1C. The van der Waals surface area contributed by atoms with Crippen LogP contribution in [0.15, 0.2) is 30.3 Å². The van der Waals surface area contributed by atoms with Gasteiger partial charge in [0, 0.05) is 26.2 Å². The van der Waals surface area contributed by atoms with Gasteiger partial charge in [-0.3, -0.25) is 24.0 Å². The summed E-state index contributed by atoms with van der Waals surface area (Å²) in [6.45, 7) is 12.3. The van der Waals surface area contributed by atoms with Gasteiger partial charge in [0.1, 0.15) is 36.4 Å². The Hall–Kier alpha value is -5.01. The molecule has 4 aliphatic rings. The van der Waals surface area contributed by atoms with Crippen LogP contribution in [0.25, 0.3) is 0 Å². The number of carbonyl (C=O) groups is 7. The molecule has 7 N–H and O–H groups in total. The molecule has 4 fully saturated rings. The fourth-order valence-electron chi connectivity index (χ4n) is 11.2. The molecule has 0 radical (unpaired) electrons. The minimum atomic E-state index is -1.42. The summed E-state index contributed by atoms with van der Waals surface area (Å²) in [4.78, 5) is 99.7. The number of carbonyl (C=O) groups excluding carboxylic acids is 7. The van der Waals surface area contributed by atoms with Crippen LogP contribution in [0, 0.1) is 29.6 Å². The zero-order chi connectivity index (χ0) is 54.3. The average Bonchev–Trinajstić information content (AvgIpc) is 3.51. The maximum absolute atomic E-state index is 14.8. The van der Waals surface area contributed by atoms with Crippen LogP contribution in [0.5, 0.6) is 0 Å². The zero-order valence-corrected chi connectivity index (χ0v) is 46.1. The molecule has 1 saturated heterocycles. The van der Waals surface area contributed by atoms with Crippen LogP contribution in [0.4, 0.5) is 9.59 Å². The fraction of sp³-hybridized carbons (Fsp3) is 0.768. The molecule has 1 unspecified atom stereocenters. The second kappa shape index (κ2) is 31.3. The quantitative estimate of drug-likeness (QED) is 0.0659. The fourth-order valence-corrected chi connectivity index (χ4v) is 11.2. The van der Waals surface area contributed by atoms with Crippen LogP contribution >= 0.6 is 0 Å². The largest absolute Gasteiger partial charge is 0.445 e. The van der Waals surface area contributed by atoms with Gasteiger partial charge in [-0.25, -0.2) is 9.59 Å². The third-order valence-electron chi connectivity index (χ3n) is 15.1. The zero-order valence-electron chi connectivity index (χ0n) is 46.1. The Morgan fingerprint density at radius 3 is 2.11 bits per heavy atom. The second-order valence-corrected chi connectivity index (χ2v) is 22.7. The summed E-state index contributed by atoms with van der Waals surface area (Å²) >= 11 is 0. The third-order valence-corrected chi connectivity index (χ3v) is 15.1. The van der Waals surface area contributed by atoms with Crippen LogP contribution in [0.2, 0.25) is 0 Å². The van der Waals surface area contributed by atoms with E-state index in [1.54, 1.807) is 46.9 Å². The predicted octanol–water partition coefficient (Wildman–Crippen LogP) is 5.63. The summed E-state index contributed by atoms with van der Waals surface area (Å²) in [5, 5.41) is 20.4. The first-order valence-electron chi connectivity index (χ1n) is 28.2. The lowest BCUT2D eigenvalue weighted by molar-refractivity contribution is -0.147. The third kappa shape index (κ3) is 21.1. The molecule has 422 valence electrons. The molecule has 1 aromatic rings. The molecule has 10 atom stereocenters. The van der Waals surface area contributed by atoms with Gasteiger partial charge < -0.3 is 61.1 Å². The molecule has 3 saturated carbocycles.